The van der Waals surface area contributed by atoms with Crippen molar-refractivity contribution in [3.8, 4) is 0 Å². The van der Waals surface area contributed by atoms with Crippen LogP contribution in [0.25, 0.3) is 0 Å². The minimum absolute atomic E-state index is 0.0571. The van der Waals surface area contributed by atoms with E-state index >= 15 is 0 Å². The highest BCUT2D eigenvalue weighted by molar-refractivity contribution is 5.96. The molecule has 3 aromatic carbocycles. The number of aryl methyl sites for hydroxylation is 2. The summed E-state index contributed by atoms with van der Waals surface area (Å²) in [4.78, 5) is 40.5. The number of rotatable bonds is 6. The van der Waals surface area contributed by atoms with Gasteiger partial charge < -0.3 is 14.7 Å². The van der Waals surface area contributed by atoms with Crippen molar-refractivity contribution in [3.05, 3.63) is 107 Å². The predicted octanol–water partition coefficient (Wildman–Crippen LogP) is 4.18. The number of amides is 1. The lowest BCUT2D eigenvalue weighted by Crippen LogP contribution is -2.64. The average molecular weight is 502 g/mol. The maximum atomic E-state index is 13.7. The van der Waals surface area contributed by atoms with E-state index in [4.69, 9.17) is 14.5 Å². The van der Waals surface area contributed by atoms with Crippen molar-refractivity contribution in [2.24, 2.45) is 5.41 Å². The number of carbonyl (C=O) groups is 2. The molecule has 0 saturated carbocycles. The van der Waals surface area contributed by atoms with Crippen molar-refractivity contribution in [2.45, 2.75) is 45.1 Å². The molecule has 37 heavy (non-hydrogen) atoms. The lowest BCUT2D eigenvalue weighted by Gasteiger charge is -2.48. The second-order valence-corrected chi connectivity index (χ2v) is 10.00. The first-order valence-corrected chi connectivity index (χ1v) is 12.5. The molecule has 5 rings (SSSR count). The third kappa shape index (κ3) is 4.03. The van der Waals surface area contributed by atoms with Crippen LogP contribution >= 0.6 is 0 Å². The summed E-state index contributed by atoms with van der Waals surface area (Å²) in [6.45, 7) is 5.87. The number of benzene rings is 3. The molecule has 7 nitrogen and oxygen atoms in total. The van der Waals surface area contributed by atoms with Gasteiger partial charge in [0.2, 0.25) is 0 Å². The number of carbonyl (C=O) groups excluding carboxylic acids is 2. The van der Waals surface area contributed by atoms with Crippen molar-refractivity contribution in [2.75, 3.05) is 13.2 Å². The maximum Gasteiger partial charge on any atom is 0.320 e. The molecule has 0 bridgehead atoms. The summed E-state index contributed by atoms with van der Waals surface area (Å²) in [5.74, 6) is -3.97. The minimum atomic E-state index is -2.53. The van der Waals surface area contributed by atoms with Gasteiger partial charge in [-0.05, 0) is 37.5 Å². The first kappa shape index (κ1) is 25.1. The number of fused-ring (bicyclic) bond motifs is 1. The summed E-state index contributed by atoms with van der Waals surface area (Å²) in [6.07, 6.45) is -0.0571. The first-order chi connectivity index (χ1) is 17.7. The smallest absolute Gasteiger partial charge is 0.320 e. The van der Waals surface area contributed by atoms with Crippen LogP contribution in [0.3, 0.4) is 0 Å². The Bertz CT molecular complexity index is 1240. The van der Waals surface area contributed by atoms with E-state index < -0.39 is 28.7 Å². The Morgan fingerprint density at radius 1 is 0.919 bits per heavy atom. The zero-order chi connectivity index (χ0) is 26.3. The van der Waals surface area contributed by atoms with E-state index in [9.17, 15) is 14.7 Å². The lowest BCUT2D eigenvalue weighted by molar-refractivity contribution is -0.488. The number of nitrogens with zero attached hydrogens (tertiary/aromatic N) is 1. The summed E-state index contributed by atoms with van der Waals surface area (Å²) < 4.78 is 5.49. The van der Waals surface area contributed by atoms with Crippen LogP contribution in [0, 0.1) is 19.3 Å². The van der Waals surface area contributed by atoms with Gasteiger partial charge in [0.05, 0.1) is 6.61 Å². The van der Waals surface area contributed by atoms with Crippen molar-refractivity contribution < 1.29 is 29.2 Å². The van der Waals surface area contributed by atoms with Crippen LogP contribution in [-0.4, -0.2) is 40.8 Å². The summed E-state index contributed by atoms with van der Waals surface area (Å²) in [5.41, 5.74) is 1.44. The van der Waals surface area contributed by atoms with Crippen LogP contribution < -0.4 is 0 Å². The number of ether oxygens (including phenoxy) is 1. The Morgan fingerprint density at radius 2 is 1.49 bits per heavy atom. The molecule has 2 heterocycles. The molecule has 7 heteroatoms. The van der Waals surface area contributed by atoms with Gasteiger partial charge in [0.25, 0.3) is 11.7 Å². The maximum absolute atomic E-state index is 13.7. The Labute approximate surface area is 216 Å². The normalized spacial score (nSPS) is 24.5. The molecule has 2 saturated heterocycles. The monoisotopic (exact) mass is 501 g/mol. The van der Waals surface area contributed by atoms with E-state index in [1.807, 2.05) is 92.7 Å². The highest BCUT2D eigenvalue weighted by Crippen LogP contribution is 2.57. The van der Waals surface area contributed by atoms with E-state index in [-0.39, 0.29) is 26.1 Å². The highest BCUT2D eigenvalue weighted by atomic mass is 17.2. The van der Waals surface area contributed by atoms with E-state index in [0.717, 1.165) is 27.8 Å². The SMILES string of the molecule is CCOC(=O)C12CN(Cc3ccccc3)C(=O)C1(O)OOC(c1ccc(C)cc1)(c1ccc(C)cc1)C2. The third-order valence-corrected chi connectivity index (χ3v) is 7.46. The topological polar surface area (TPSA) is 85.3 Å². The summed E-state index contributed by atoms with van der Waals surface area (Å²) in [6, 6.07) is 24.9. The van der Waals surface area contributed by atoms with Gasteiger partial charge in [0.15, 0.2) is 11.0 Å². The number of likely N-dealkylation sites (tertiary alicyclic amines) is 1. The summed E-state index contributed by atoms with van der Waals surface area (Å²) >= 11 is 0. The fourth-order valence-electron chi connectivity index (χ4n) is 5.39. The zero-order valence-electron chi connectivity index (χ0n) is 21.3. The molecule has 192 valence electrons. The van der Waals surface area contributed by atoms with Crippen molar-refractivity contribution in [1.82, 2.24) is 4.90 Å². The lowest BCUT2D eigenvalue weighted by atomic mass is 9.67. The molecule has 0 radical (unpaired) electrons. The predicted molar refractivity (Wildman–Crippen MR) is 136 cm³/mol. The Morgan fingerprint density at radius 3 is 2.03 bits per heavy atom. The van der Waals surface area contributed by atoms with Gasteiger partial charge >= 0.3 is 5.97 Å². The quantitative estimate of drug-likeness (QED) is 0.403. The van der Waals surface area contributed by atoms with Crippen LogP contribution in [0.4, 0.5) is 0 Å². The van der Waals surface area contributed by atoms with Crippen LogP contribution in [0.1, 0.15) is 41.2 Å². The Balaban J connectivity index is 1.65. The fourth-order valence-corrected chi connectivity index (χ4v) is 5.39. The summed E-state index contributed by atoms with van der Waals surface area (Å²) in [7, 11) is 0. The molecule has 1 amide bonds. The van der Waals surface area contributed by atoms with Gasteiger partial charge in [0.1, 0.15) is 0 Å². The molecule has 2 unspecified atom stereocenters. The fraction of sp³-hybridized carbons (Fsp3) is 0.333. The first-order valence-electron chi connectivity index (χ1n) is 12.5. The van der Waals surface area contributed by atoms with Crippen LogP contribution in [0.5, 0.6) is 0 Å². The van der Waals surface area contributed by atoms with E-state index in [2.05, 4.69) is 0 Å². The van der Waals surface area contributed by atoms with Crippen LogP contribution in [0.2, 0.25) is 0 Å². The summed E-state index contributed by atoms with van der Waals surface area (Å²) in [5, 5.41) is 11.8. The molecular weight excluding hydrogens is 470 g/mol. The van der Waals surface area contributed by atoms with Crippen molar-refractivity contribution in [3.63, 3.8) is 0 Å². The molecule has 2 aliphatic rings. The standard InChI is InChI=1S/C30H31NO6/c1-4-35-27(33)28-19-29(24-14-10-21(2)11-15-24,25-16-12-22(3)13-17-25)36-37-30(28,34)26(32)31(20-28)18-23-8-6-5-7-9-23/h5-17,34H,4,18-20H2,1-3H3. The molecule has 2 aliphatic heterocycles. The van der Waals surface area contributed by atoms with Gasteiger partial charge in [-0.2, -0.15) is 4.89 Å². The molecule has 2 atom stereocenters. The minimum Gasteiger partial charge on any atom is -0.465 e. The Hall–Kier alpha value is -3.52. The number of hydrogen-bond donors (Lipinski definition) is 1. The van der Waals surface area contributed by atoms with Gasteiger partial charge in [-0.1, -0.05) is 90.0 Å². The van der Waals surface area contributed by atoms with E-state index in [1.54, 1.807) is 6.92 Å². The van der Waals surface area contributed by atoms with Crippen LogP contribution in [-0.2, 0) is 36.2 Å². The molecule has 0 spiro atoms. The van der Waals surface area contributed by atoms with Crippen molar-refractivity contribution in [1.29, 1.82) is 0 Å². The third-order valence-electron chi connectivity index (χ3n) is 7.46. The molecule has 2 fully saturated rings. The largest absolute Gasteiger partial charge is 0.465 e. The van der Waals surface area contributed by atoms with Gasteiger partial charge in [-0.25, -0.2) is 4.89 Å². The molecule has 3 aromatic rings. The number of hydrogen-bond acceptors (Lipinski definition) is 6. The van der Waals surface area contributed by atoms with Gasteiger partial charge in [-0.3, -0.25) is 9.59 Å². The molecule has 0 aromatic heterocycles. The van der Waals surface area contributed by atoms with Crippen LogP contribution in [0.15, 0.2) is 78.9 Å². The molecule has 0 aliphatic carbocycles. The average Bonchev–Trinajstić information content (AvgIpc) is 3.12. The van der Waals surface area contributed by atoms with Gasteiger partial charge in [0, 0.05) is 19.5 Å². The second-order valence-electron chi connectivity index (χ2n) is 10.00. The second kappa shape index (κ2) is 9.41. The molecular formula is C30H31NO6. The van der Waals surface area contributed by atoms with Gasteiger partial charge in [-0.15, -0.1) is 0 Å². The zero-order valence-corrected chi connectivity index (χ0v) is 21.3. The van der Waals surface area contributed by atoms with Crippen molar-refractivity contribution >= 4 is 11.9 Å². The van der Waals surface area contributed by atoms with E-state index in [1.165, 1.54) is 4.90 Å². The molecule has 1 N–H and O–H groups in total. The Kier molecular flexibility index (Phi) is 6.40. The number of esters is 1. The highest BCUT2D eigenvalue weighted by Gasteiger charge is 2.75. The number of aliphatic hydroxyl groups is 1. The van der Waals surface area contributed by atoms with E-state index in [0.29, 0.717) is 0 Å².